The number of pyridine rings is 2. The van der Waals surface area contributed by atoms with Crippen LogP contribution in [0.4, 0.5) is 16.3 Å². The molecule has 1 fully saturated rings. The first-order chi connectivity index (χ1) is 18.2. The molecule has 1 aliphatic heterocycles. The third-order valence-corrected chi connectivity index (χ3v) is 6.29. The zero-order valence-corrected chi connectivity index (χ0v) is 22.3. The molecule has 1 saturated heterocycles. The van der Waals surface area contributed by atoms with Crippen LogP contribution in [0.1, 0.15) is 45.2 Å². The first kappa shape index (κ1) is 25.7. The van der Waals surface area contributed by atoms with E-state index in [1.807, 2.05) is 63.2 Å². The Hall–Kier alpha value is -3.98. The van der Waals surface area contributed by atoms with Crippen molar-refractivity contribution >= 4 is 40.2 Å². The Kier molecular flexibility index (Phi) is 7.28. The third kappa shape index (κ3) is 6.11. The minimum atomic E-state index is -0.535. The predicted octanol–water partition coefficient (Wildman–Crippen LogP) is 6.72. The number of rotatable bonds is 5. The lowest BCUT2D eigenvalue weighted by Crippen LogP contribution is -2.42. The van der Waals surface area contributed by atoms with E-state index in [4.69, 9.17) is 26.1 Å². The van der Waals surface area contributed by atoms with Gasteiger partial charge in [-0.15, -0.1) is 0 Å². The van der Waals surface area contributed by atoms with E-state index in [2.05, 4.69) is 20.3 Å². The summed E-state index contributed by atoms with van der Waals surface area (Å²) in [5, 5.41) is 3.62. The van der Waals surface area contributed by atoms with Gasteiger partial charge in [0.2, 0.25) is 5.88 Å². The van der Waals surface area contributed by atoms with Gasteiger partial charge in [0.25, 0.3) is 0 Å². The van der Waals surface area contributed by atoms with Crippen LogP contribution in [0.15, 0.2) is 61.1 Å². The molecule has 0 radical (unpaired) electrons. The van der Waals surface area contributed by atoms with Crippen LogP contribution in [0, 0.1) is 0 Å². The molecule has 0 bridgehead atoms. The number of piperidine rings is 1. The first-order valence-corrected chi connectivity index (χ1v) is 12.9. The molecule has 1 amide bonds. The van der Waals surface area contributed by atoms with Crippen LogP contribution < -0.4 is 10.1 Å². The summed E-state index contributed by atoms with van der Waals surface area (Å²) in [6, 6.07) is 15.0. The van der Waals surface area contributed by atoms with Crippen LogP contribution >= 0.6 is 11.6 Å². The number of fused-ring (bicyclic) bond motifs is 1. The lowest BCUT2D eigenvalue weighted by atomic mass is 9.94. The van der Waals surface area contributed by atoms with Gasteiger partial charge in [-0.05, 0) is 63.9 Å². The van der Waals surface area contributed by atoms with E-state index in [0.717, 1.165) is 18.5 Å². The number of amides is 1. The molecule has 1 aliphatic rings. The van der Waals surface area contributed by atoms with Crippen molar-refractivity contribution in [3.05, 3.63) is 71.8 Å². The number of nitrogens with zero attached hydrogens (tertiary/aromatic N) is 5. The van der Waals surface area contributed by atoms with Crippen LogP contribution in [-0.4, -0.2) is 49.6 Å². The Balaban J connectivity index is 1.35. The summed E-state index contributed by atoms with van der Waals surface area (Å²) < 4.78 is 11.4. The van der Waals surface area contributed by atoms with Gasteiger partial charge in [-0.25, -0.2) is 24.7 Å². The number of halogens is 1. The molecule has 1 aromatic carbocycles. The van der Waals surface area contributed by atoms with Crippen molar-refractivity contribution in [2.75, 3.05) is 18.4 Å². The van der Waals surface area contributed by atoms with Crippen LogP contribution in [-0.2, 0) is 4.74 Å². The van der Waals surface area contributed by atoms with E-state index < -0.39 is 5.60 Å². The van der Waals surface area contributed by atoms with Crippen molar-refractivity contribution < 1.29 is 14.3 Å². The van der Waals surface area contributed by atoms with Gasteiger partial charge in [0.1, 0.15) is 28.2 Å². The number of likely N-dealkylation sites (tertiary alicyclic amines) is 1. The molecule has 10 heteroatoms. The Labute approximate surface area is 226 Å². The highest BCUT2D eigenvalue weighted by Gasteiger charge is 2.29. The molecule has 0 aliphatic carbocycles. The molecule has 0 spiro atoms. The van der Waals surface area contributed by atoms with Gasteiger partial charge in [-0.1, -0.05) is 29.8 Å². The van der Waals surface area contributed by atoms with Crippen molar-refractivity contribution in [2.45, 2.75) is 45.1 Å². The second kappa shape index (κ2) is 10.8. The molecule has 0 unspecified atom stereocenters. The lowest BCUT2D eigenvalue weighted by Gasteiger charge is -2.34. The summed E-state index contributed by atoms with van der Waals surface area (Å²) in [6.07, 6.45) is 4.62. The number of hydrogen-bond donors (Lipinski definition) is 1. The van der Waals surface area contributed by atoms with Crippen molar-refractivity contribution in [3.63, 3.8) is 0 Å². The smallest absolute Gasteiger partial charge is 0.410 e. The number of nitrogens with one attached hydrogen (secondary N) is 1. The quantitative estimate of drug-likeness (QED) is 0.302. The van der Waals surface area contributed by atoms with Crippen LogP contribution in [0.5, 0.6) is 11.6 Å². The summed E-state index contributed by atoms with van der Waals surface area (Å²) in [7, 11) is 0. The van der Waals surface area contributed by atoms with Crippen LogP contribution in [0.2, 0.25) is 5.02 Å². The maximum Gasteiger partial charge on any atom is 0.410 e. The Morgan fingerprint density at radius 1 is 1.11 bits per heavy atom. The van der Waals surface area contributed by atoms with Crippen molar-refractivity contribution in [1.82, 2.24) is 24.8 Å². The number of carbonyl (C=O) groups excluding carboxylic acids is 1. The molecule has 38 heavy (non-hydrogen) atoms. The van der Waals surface area contributed by atoms with Gasteiger partial charge in [-0.2, -0.15) is 0 Å². The highest BCUT2D eigenvalue weighted by Crippen LogP contribution is 2.32. The van der Waals surface area contributed by atoms with E-state index in [1.54, 1.807) is 17.2 Å². The zero-order valence-electron chi connectivity index (χ0n) is 21.5. The molecular formula is C28H29ClN6O3. The number of para-hydroxylation sites is 1. The van der Waals surface area contributed by atoms with Crippen LogP contribution in [0.3, 0.4) is 0 Å². The van der Waals surface area contributed by atoms with Gasteiger partial charge in [0.15, 0.2) is 5.82 Å². The molecule has 1 N–H and O–H groups in total. The SMILES string of the molecule is CC(C)(C)OC(=O)N1CCC[C@H](c2ccc3ncnc(Nc4cnc(Oc5ccccc5)c(Cl)c4)c3n2)C1. The highest BCUT2D eigenvalue weighted by atomic mass is 35.5. The monoisotopic (exact) mass is 532 g/mol. The van der Waals surface area contributed by atoms with Gasteiger partial charge in [-0.3, -0.25) is 0 Å². The summed E-state index contributed by atoms with van der Waals surface area (Å²) in [4.78, 5) is 32.5. The maximum atomic E-state index is 12.6. The van der Waals surface area contributed by atoms with Gasteiger partial charge in [0.05, 0.1) is 17.4 Å². The standard InChI is InChI=1S/C28H29ClN6O3/c1-28(2,3)38-27(36)35-13-7-8-18(16-35)22-11-12-23-24(34-22)25(32-17-31-23)33-19-14-21(29)26(30-15-19)37-20-9-5-4-6-10-20/h4-6,9-12,14-15,17-18H,7-8,13,16H2,1-3H3,(H,31,32,33)/t18-/m0/s1. The van der Waals surface area contributed by atoms with Gasteiger partial charge < -0.3 is 19.7 Å². The number of ether oxygens (including phenoxy) is 2. The normalized spacial score (nSPS) is 15.8. The third-order valence-electron chi connectivity index (χ3n) is 6.02. The van der Waals surface area contributed by atoms with E-state index >= 15 is 0 Å². The van der Waals surface area contributed by atoms with E-state index in [-0.39, 0.29) is 12.0 Å². The van der Waals surface area contributed by atoms with E-state index in [0.29, 0.717) is 52.3 Å². The Morgan fingerprint density at radius 2 is 1.92 bits per heavy atom. The zero-order chi connectivity index (χ0) is 26.7. The largest absolute Gasteiger partial charge is 0.444 e. The maximum absolute atomic E-state index is 12.6. The molecule has 4 aromatic rings. The summed E-state index contributed by atoms with van der Waals surface area (Å²) in [5.41, 5.74) is 2.31. The van der Waals surface area contributed by atoms with E-state index in [1.165, 1.54) is 6.33 Å². The Bertz CT molecular complexity index is 1440. The van der Waals surface area contributed by atoms with E-state index in [9.17, 15) is 4.79 Å². The predicted molar refractivity (Wildman–Crippen MR) is 146 cm³/mol. The molecule has 5 rings (SSSR count). The number of carbonyl (C=O) groups is 1. The molecule has 196 valence electrons. The number of aromatic nitrogens is 4. The number of anilines is 2. The molecule has 4 heterocycles. The average molecular weight is 533 g/mol. The minimum absolute atomic E-state index is 0.0826. The fraction of sp³-hybridized carbons (Fsp3) is 0.321. The second-order valence-electron chi connectivity index (χ2n) is 10.1. The van der Waals surface area contributed by atoms with Crippen molar-refractivity contribution in [3.8, 4) is 11.6 Å². The average Bonchev–Trinajstić information content (AvgIpc) is 2.90. The highest BCUT2D eigenvalue weighted by molar-refractivity contribution is 6.32. The Morgan fingerprint density at radius 3 is 2.68 bits per heavy atom. The second-order valence-corrected chi connectivity index (χ2v) is 10.5. The summed E-state index contributed by atoms with van der Waals surface area (Å²) >= 11 is 6.45. The van der Waals surface area contributed by atoms with Crippen molar-refractivity contribution in [1.29, 1.82) is 0 Å². The first-order valence-electron chi connectivity index (χ1n) is 12.5. The van der Waals surface area contributed by atoms with Crippen LogP contribution in [0.25, 0.3) is 11.0 Å². The molecule has 9 nitrogen and oxygen atoms in total. The molecule has 1 atom stereocenters. The summed E-state index contributed by atoms with van der Waals surface area (Å²) in [6.45, 7) is 6.84. The fourth-order valence-corrected chi connectivity index (χ4v) is 4.50. The minimum Gasteiger partial charge on any atom is -0.444 e. The van der Waals surface area contributed by atoms with Gasteiger partial charge in [0, 0.05) is 24.7 Å². The fourth-order valence-electron chi connectivity index (χ4n) is 4.29. The van der Waals surface area contributed by atoms with Gasteiger partial charge >= 0.3 is 6.09 Å². The summed E-state index contributed by atoms with van der Waals surface area (Å²) in [5.74, 6) is 1.57. The lowest BCUT2D eigenvalue weighted by molar-refractivity contribution is 0.0197. The van der Waals surface area contributed by atoms with Crippen molar-refractivity contribution in [2.24, 2.45) is 0 Å². The number of hydrogen-bond acceptors (Lipinski definition) is 8. The molecule has 0 saturated carbocycles. The molecular weight excluding hydrogens is 504 g/mol. The topological polar surface area (TPSA) is 102 Å². The number of benzene rings is 1. The molecule has 3 aromatic heterocycles.